The molecule has 0 aromatic heterocycles. The van der Waals surface area contributed by atoms with Crippen molar-refractivity contribution in [3.05, 3.63) is 11.4 Å². The number of rotatable bonds is 2. The first-order valence-electron chi connectivity index (χ1n) is 4.04. The normalized spacial score (nSPS) is 25.5. The van der Waals surface area contributed by atoms with Gasteiger partial charge in [-0.05, 0) is 12.8 Å². The molecule has 3 nitrogen and oxygen atoms in total. The zero-order valence-electron chi connectivity index (χ0n) is 6.70. The molecule has 0 radical (unpaired) electrons. The predicted molar refractivity (Wildman–Crippen MR) is 48.2 cm³/mol. The van der Waals surface area contributed by atoms with E-state index in [1.165, 1.54) is 0 Å². The highest BCUT2D eigenvalue weighted by Crippen LogP contribution is 2.42. The van der Waals surface area contributed by atoms with E-state index in [1.807, 2.05) is 6.20 Å². The van der Waals surface area contributed by atoms with E-state index in [0.717, 1.165) is 19.4 Å². The molecule has 0 aromatic carbocycles. The van der Waals surface area contributed by atoms with Gasteiger partial charge in [0.05, 0.1) is 18.7 Å². The van der Waals surface area contributed by atoms with Crippen LogP contribution in [-0.2, 0) is 0 Å². The lowest BCUT2D eigenvalue weighted by atomic mass is 10.2. The third-order valence-electron chi connectivity index (χ3n) is 2.49. The molecule has 1 aliphatic heterocycles. The molecule has 1 heterocycles. The molecule has 0 aromatic rings. The molecule has 0 unspecified atom stereocenters. The minimum atomic E-state index is -0.0212. The SMILES string of the molecule is OCC1(N2C=C(Cl)N=CC2)CC1. The number of halogens is 1. The fraction of sp³-hybridized carbons (Fsp3) is 0.625. The van der Waals surface area contributed by atoms with E-state index >= 15 is 0 Å². The van der Waals surface area contributed by atoms with Crippen LogP contribution in [0.1, 0.15) is 12.8 Å². The van der Waals surface area contributed by atoms with E-state index < -0.39 is 0 Å². The summed E-state index contributed by atoms with van der Waals surface area (Å²) in [5.74, 6) is 0. The highest BCUT2D eigenvalue weighted by Gasteiger charge is 2.46. The lowest BCUT2D eigenvalue weighted by Crippen LogP contribution is -2.38. The van der Waals surface area contributed by atoms with Crippen LogP contribution in [0.25, 0.3) is 0 Å². The van der Waals surface area contributed by atoms with Crippen LogP contribution >= 0.6 is 11.6 Å². The van der Waals surface area contributed by atoms with Gasteiger partial charge in [-0.2, -0.15) is 0 Å². The Bertz CT molecular complexity index is 245. The molecule has 0 amide bonds. The standard InChI is InChI=1S/C8H11ClN2O/c9-7-5-11(4-3-10-7)8(6-12)1-2-8/h3,5,12H,1-2,4,6H2. The second kappa shape index (κ2) is 2.75. The number of hydrogen-bond donors (Lipinski definition) is 1. The Balaban J connectivity index is 2.11. The van der Waals surface area contributed by atoms with Crippen molar-refractivity contribution >= 4 is 17.8 Å². The molecule has 4 heteroatoms. The van der Waals surface area contributed by atoms with Gasteiger partial charge in [-0.15, -0.1) is 0 Å². The third kappa shape index (κ3) is 1.23. The summed E-state index contributed by atoms with van der Waals surface area (Å²) < 4.78 is 0. The van der Waals surface area contributed by atoms with Crippen LogP contribution in [0.4, 0.5) is 0 Å². The van der Waals surface area contributed by atoms with Crippen molar-refractivity contribution < 1.29 is 5.11 Å². The Morgan fingerprint density at radius 1 is 1.67 bits per heavy atom. The first kappa shape index (κ1) is 8.08. The molecule has 1 saturated carbocycles. The molecular weight excluding hydrogens is 176 g/mol. The largest absolute Gasteiger partial charge is 0.394 e. The number of aliphatic hydroxyl groups excluding tert-OH is 1. The molecule has 0 bridgehead atoms. The van der Waals surface area contributed by atoms with Gasteiger partial charge >= 0.3 is 0 Å². The number of nitrogens with zero attached hydrogens (tertiary/aromatic N) is 2. The van der Waals surface area contributed by atoms with Crippen LogP contribution in [0.15, 0.2) is 16.3 Å². The molecule has 1 fully saturated rings. The molecule has 0 spiro atoms. The van der Waals surface area contributed by atoms with Gasteiger partial charge in [0.1, 0.15) is 5.16 Å². The van der Waals surface area contributed by atoms with Gasteiger partial charge in [-0.3, -0.25) is 0 Å². The molecule has 2 aliphatic rings. The van der Waals surface area contributed by atoms with E-state index in [4.69, 9.17) is 16.7 Å². The van der Waals surface area contributed by atoms with E-state index in [-0.39, 0.29) is 12.1 Å². The summed E-state index contributed by atoms with van der Waals surface area (Å²) in [6, 6.07) is 0. The highest BCUT2D eigenvalue weighted by molar-refractivity contribution is 6.29. The van der Waals surface area contributed by atoms with Crippen molar-refractivity contribution in [2.24, 2.45) is 4.99 Å². The summed E-state index contributed by atoms with van der Waals surface area (Å²) in [6.45, 7) is 0.971. The maximum Gasteiger partial charge on any atom is 0.144 e. The van der Waals surface area contributed by atoms with Crippen LogP contribution in [0, 0.1) is 0 Å². The second-order valence-electron chi connectivity index (χ2n) is 3.30. The zero-order valence-corrected chi connectivity index (χ0v) is 7.46. The van der Waals surface area contributed by atoms with Gasteiger partial charge in [0, 0.05) is 12.4 Å². The molecular formula is C8H11ClN2O. The fourth-order valence-electron chi connectivity index (χ4n) is 1.44. The first-order chi connectivity index (χ1) is 5.77. The number of aliphatic hydroxyl groups is 1. The van der Waals surface area contributed by atoms with Crippen molar-refractivity contribution in [3.63, 3.8) is 0 Å². The lowest BCUT2D eigenvalue weighted by molar-refractivity contribution is 0.158. The maximum atomic E-state index is 9.14. The molecule has 2 rings (SSSR count). The summed E-state index contributed by atoms with van der Waals surface area (Å²) in [5.41, 5.74) is -0.0212. The summed E-state index contributed by atoms with van der Waals surface area (Å²) >= 11 is 5.74. The molecule has 66 valence electrons. The average molecular weight is 187 g/mol. The average Bonchev–Trinajstić information content (AvgIpc) is 2.84. The topological polar surface area (TPSA) is 35.8 Å². The van der Waals surface area contributed by atoms with Gasteiger partial charge in [0.25, 0.3) is 0 Å². The van der Waals surface area contributed by atoms with Gasteiger partial charge in [-0.25, -0.2) is 4.99 Å². The summed E-state index contributed by atoms with van der Waals surface area (Å²) in [5, 5.41) is 9.64. The van der Waals surface area contributed by atoms with Crippen LogP contribution in [0.2, 0.25) is 0 Å². The number of hydrogen-bond acceptors (Lipinski definition) is 3. The summed E-state index contributed by atoms with van der Waals surface area (Å²) in [7, 11) is 0. The number of aliphatic imine (C=N–C) groups is 1. The van der Waals surface area contributed by atoms with Crippen LogP contribution < -0.4 is 0 Å². The lowest BCUT2D eigenvalue weighted by Gasteiger charge is -2.29. The fourth-order valence-corrected chi connectivity index (χ4v) is 1.63. The molecule has 0 saturated heterocycles. The molecule has 1 aliphatic carbocycles. The Morgan fingerprint density at radius 3 is 2.92 bits per heavy atom. The van der Waals surface area contributed by atoms with Crippen molar-refractivity contribution in [3.8, 4) is 0 Å². The van der Waals surface area contributed by atoms with E-state index in [0.29, 0.717) is 5.16 Å². The van der Waals surface area contributed by atoms with Crippen molar-refractivity contribution in [2.75, 3.05) is 13.2 Å². The van der Waals surface area contributed by atoms with E-state index in [9.17, 15) is 0 Å². The zero-order chi connectivity index (χ0) is 8.60. The van der Waals surface area contributed by atoms with Crippen LogP contribution in [0.5, 0.6) is 0 Å². The highest BCUT2D eigenvalue weighted by atomic mass is 35.5. The Labute approximate surface area is 76.3 Å². The van der Waals surface area contributed by atoms with Crippen molar-refractivity contribution in [1.29, 1.82) is 0 Å². The monoisotopic (exact) mass is 186 g/mol. The van der Waals surface area contributed by atoms with Crippen molar-refractivity contribution in [1.82, 2.24) is 4.90 Å². The Kier molecular flexibility index (Phi) is 1.85. The molecule has 12 heavy (non-hydrogen) atoms. The van der Waals surface area contributed by atoms with Gasteiger partial charge < -0.3 is 10.0 Å². The molecule has 1 N–H and O–H groups in total. The van der Waals surface area contributed by atoms with Crippen LogP contribution in [0.3, 0.4) is 0 Å². The molecule has 0 atom stereocenters. The smallest absolute Gasteiger partial charge is 0.144 e. The Morgan fingerprint density at radius 2 is 2.42 bits per heavy atom. The predicted octanol–water partition coefficient (Wildman–Crippen LogP) is 0.935. The second-order valence-corrected chi connectivity index (χ2v) is 3.69. The minimum Gasteiger partial charge on any atom is -0.394 e. The van der Waals surface area contributed by atoms with E-state index in [2.05, 4.69) is 9.89 Å². The van der Waals surface area contributed by atoms with Crippen LogP contribution in [-0.4, -0.2) is 34.9 Å². The minimum absolute atomic E-state index is 0.0212. The van der Waals surface area contributed by atoms with Gasteiger partial charge in [0.2, 0.25) is 0 Å². The van der Waals surface area contributed by atoms with Crippen molar-refractivity contribution in [2.45, 2.75) is 18.4 Å². The Hall–Kier alpha value is -0.540. The quantitative estimate of drug-likeness (QED) is 0.652. The van der Waals surface area contributed by atoms with Gasteiger partial charge in [-0.1, -0.05) is 11.6 Å². The maximum absolute atomic E-state index is 9.14. The first-order valence-corrected chi connectivity index (χ1v) is 4.42. The summed E-state index contributed by atoms with van der Waals surface area (Å²) in [4.78, 5) is 6.01. The van der Waals surface area contributed by atoms with Gasteiger partial charge in [0.15, 0.2) is 0 Å². The summed E-state index contributed by atoms with van der Waals surface area (Å²) in [6.07, 6.45) is 5.69. The van der Waals surface area contributed by atoms with E-state index in [1.54, 1.807) is 6.21 Å². The third-order valence-corrected chi connectivity index (χ3v) is 2.68.